The molecule has 76 valence electrons. The van der Waals surface area contributed by atoms with Crippen molar-refractivity contribution in [1.29, 1.82) is 0 Å². The number of rotatable bonds is 2. The maximum Gasteiger partial charge on any atom is 0.0855 e. The van der Waals surface area contributed by atoms with Gasteiger partial charge in [0.1, 0.15) is 0 Å². The van der Waals surface area contributed by atoms with E-state index in [1.165, 1.54) is 0 Å². The van der Waals surface area contributed by atoms with E-state index in [9.17, 15) is 0 Å². The van der Waals surface area contributed by atoms with Crippen LogP contribution in [0.3, 0.4) is 0 Å². The number of nitrogen functional groups attached to an aromatic ring is 1. The van der Waals surface area contributed by atoms with E-state index in [0.29, 0.717) is 0 Å². The van der Waals surface area contributed by atoms with Crippen LogP contribution in [0.25, 0.3) is 0 Å². The summed E-state index contributed by atoms with van der Waals surface area (Å²) < 4.78 is 0. The lowest BCUT2D eigenvalue weighted by molar-refractivity contribution is 1.15. The molecule has 2 aromatic carbocycles. The third kappa shape index (κ3) is 2.13. The van der Waals surface area contributed by atoms with E-state index in [0.717, 1.165) is 16.8 Å². The first-order valence-corrected chi connectivity index (χ1v) is 5.26. The fourth-order valence-electron chi connectivity index (χ4n) is 1.54. The van der Waals surface area contributed by atoms with Gasteiger partial charge in [-0.05, 0) is 17.2 Å². The average molecular weight is 218 g/mol. The number of hydrogen-bond acceptors (Lipinski definition) is 1. The molecule has 0 fully saturated rings. The standard InChI is InChI=1S/C13H12ClN/c14-13(10-6-2-1-3-7-10)11-8-4-5-9-12(11)15/h1-9,13H,15H2. The molecule has 0 aromatic heterocycles. The topological polar surface area (TPSA) is 26.0 Å². The number of hydrogen-bond donors (Lipinski definition) is 1. The van der Waals surface area contributed by atoms with Crippen molar-refractivity contribution in [2.45, 2.75) is 5.38 Å². The molecule has 0 spiro atoms. The van der Waals surface area contributed by atoms with Gasteiger partial charge in [-0.25, -0.2) is 0 Å². The summed E-state index contributed by atoms with van der Waals surface area (Å²) in [6.45, 7) is 0. The van der Waals surface area contributed by atoms with Gasteiger partial charge in [0.05, 0.1) is 5.38 Å². The molecule has 15 heavy (non-hydrogen) atoms. The fraction of sp³-hybridized carbons (Fsp3) is 0.0769. The quantitative estimate of drug-likeness (QED) is 0.604. The highest BCUT2D eigenvalue weighted by Gasteiger charge is 2.12. The molecule has 2 rings (SSSR count). The minimum absolute atomic E-state index is 0.174. The van der Waals surface area contributed by atoms with Crippen LogP contribution in [-0.2, 0) is 0 Å². The van der Waals surface area contributed by atoms with Crippen LogP contribution in [0.2, 0.25) is 0 Å². The van der Waals surface area contributed by atoms with Crippen molar-refractivity contribution < 1.29 is 0 Å². The molecule has 2 N–H and O–H groups in total. The number of alkyl halides is 1. The van der Waals surface area contributed by atoms with Crippen LogP contribution in [0.5, 0.6) is 0 Å². The number of nitrogens with two attached hydrogens (primary N) is 1. The second kappa shape index (κ2) is 4.37. The highest BCUT2D eigenvalue weighted by molar-refractivity contribution is 6.23. The minimum Gasteiger partial charge on any atom is -0.398 e. The Morgan fingerprint density at radius 2 is 1.47 bits per heavy atom. The van der Waals surface area contributed by atoms with Crippen LogP contribution in [0, 0.1) is 0 Å². The van der Waals surface area contributed by atoms with Crippen LogP contribution in [0.1, 0.15) is 16.5 Å². The summed E-state index contributed by atoms with van der Waals surface area (Å²) in [6, 6.07) is 17.6. The SMILES string of the molecule is Nc1ccccc1C(Cl)c1ccccc1. The van der Waals surface area contributed by atoms with Crippen molar-refractivity contribution in [3.8, 4) is 0 Å². The monoisotopic (exact) mass is 217 g/mol. The Morgan fingerprint density at radius 3 is 2.13 bits per heavy atom. The first kappa shape index (κ1) is 10.1. The van der Waals surface area contributed by atoms with Crippen LogP contribution in [-0.4, -0.2) is 0 Å². The van der Waals surface area contributed by atoms with E-state index in [1.807, 2.05) is 54.6 Å². The van der Waals surface area contributed by atoms with E-state index < -0.39 is 0 Å². The summed E-state index contributed by atoms with van der Waals surface area (Å²) in [4.78, 5) is 0. The van der Waals surface area contributed by atoms with Gasteiger partial charge in [-0.15, -0.1) is 11.6 Å². The summed E-state index contributed by atoms with van der Waals surface area (Å²) >= 11 is 6.36. The van der Waals surface area contributed by atoms with Crippen molar-refractivity contribution in [3.63, 3.8) is 0 Å². The van der Waals surface area contributed by atoms with E-state index in [-0.39, 0.29) is 5.38 Å². The van der Waals surface area contributed by atoms with Crippen LogP contribution >= 0.6 is 11.6 Å². The zero-order valence-electron chi connectivity index (χ0n) is 8.23. The van der Waals surface area contributed by atoms with Crippen LogP contribution in [0.15, 0.2) is 54.6 Å². The zero-order chi connectivity index (χ0) is 10.7. The Balaban J connectivity index is 2.37. The lowest BCUT2D eigenvalue weighted by Gasteiger charge is -2.12. The van der Waals surface area contributed by atoms with Gasteiger partial charge in [-0.2, -0.15) is 0 Å². The molecule has 0 saturated carbocycles. The Kier molecular flexibility index (Phi) is 2.93. The summed E-state index contributed by atoms with van der Waals surface area (Å²) in [5, 5.41) is -0.174. The highest BCUT2D eigenvalue weighted by Crippen LogP contribution is 2.31. The predicted octanol–water partition coefficient (Wildman–Crippen LogP) is 3.60. The predicted molar refractivity (Wildman–Crippen MR) is 65.0 cm³/mol. The maximum atomic E-state index is 6.36. The lowest BCUT2D eigenvalue weighted by Crippen LogP contribution is -1.98. The molecule has 2 heteroatoms. The van der Waals surface area contributed by atoms with Gasteiger partial charge in [-0.1, -0.05) is 48.5 Å². The van der Waals surface area contributed by atoms with Gasteiger partial charge < -0.3 is 5.73 Å². The smallest absolute Gasteiger partial charge is 0.0855 e. The Morgan fingerprint density at radius 1 is 0.867 bits per heavy atom. The summed E-state index contributed by atoms with van der Waals surface area (Å²) in [6.07, 6.45) is 0. The lowest BCUT2D eigenvalue weighted by atomic mass is 10.0. The number of benzene rings is 2. The van der Waals surface area contributed by atoms with E-state index in [4.69, 9.17) is 17.3 Å². The molecule has 0 radical (unpaired) electrons. The van der Waals surface area contributed by atoms with Crippen molar-refractivity contribution >= 4 is 17.3 Å². The van der Waals surface area contributed by atoms with Gasteiger partial charge in [-0.3, -0.25) is 0 Å². The van der Waals surface area contributed by atoms with E-state index in [1.54, 1.807) is 0 Å². The van der Waals surface area contributed by atoms with E-state index in [2.05, 4.69) is 0 Å². The first-order chi connectivity index (χ1) is 7.29. The summed E-state index contributed by atoms with van der Waals surface area (Å²) in [5.74, 6) is 0. The Bertz CT molecular complexity index is 439. The molecule has 0 bridgehead atoms. The maximum absolute atomic E-state index is 6.36. The Labute approximate surface area is 94.5 Å². The Hall–Kier alpha value is -1.47. The molecule has 1 nitrogen and oxygen atoms in total. The van der Waals surface area contributed by atoms with Gasteiger partial charge in [0.25, 0.3) is 0 Å². The molecule has 0 aliphatic carbocycles. The highest BCUT2D eigenvalue weighted by atomic mass is 35.5. The van der Waals surface area contributed by atoms with Gasteiger partial charge >= 0.3 is 0 Å². The molecular weight excluding hydrogens is 206 g/mol. The van der Waals surface area contributed by atoms with E-state index >= 15 is 0 Å². The second-order valence-corrected chi connectivity index (χ2v) is 3.84. The van der Waals surface area contributed by atoms with Gasteiger partial charge in [0, 0.05) is 5.69 Å². The normalized spacial score (nSPS) is 12.3. The molecule has 1 atom stereocenters. The summed E-state index contributed by atoms with van der Waals surface area (Å²) in [5.41, 5.74) is 8.64. The van der Waals surface area contributed by atoms with Gasteiger partial charge in [0.15, 0.2) is 0 Å². The molecule has 0 heterocycles. The molecule has 0 amide bonds. The fourth-order valence-corrected chi connectivity index (χ4v) is 1.89. The van der Waals surface area contributed by atoms with Crippen molar-refractivity contribution in [3.05, 3.63) is 65.7 Å². The largest absolute Gasteiger partial charge is 0.398 e. The summed E-state index contributed by atoms with van der Waals surface area (Å²) in [7, 11) is 0. The zero-order valence-corrected chi connectivity index (χ0v) is 8.98. The number of para-hydroxylation sites is 1. The first-order valence-electron chi connectivity index (χ1n) is 4.82. The second-order valence-electron chi connectivity index (χ2n) is 3.40. The third-order valence-electron chi connectivity index (χ3n) is 2.36. The molecule has 2 aromatic rings. The third-order valence-corrected chi connectivity index (χ3v) is 2.85. The molecule has 0 aliphatic rings. The minimum atomic E-state index is -0.174. The van der Waals surface area contributed by atoms with Crippen molar-refractivity contribution in [2.75, 3.05) is 5.73 Å². The molecule has 0 aliphatic heterocycles. The van der Waals surface area contributed by atoms with Gasteiger partial charge in [0.2, 0.25) is 0 Å². The molecule has 1 unspecified atom stereocenters. The molecule has 0 saturated heterocycles. The van der Waals surface area contributed by atoms with Crippen LogP contribution < -0.4 is 5.73 Å². The molecular formula is C13H12ClN. The number of halogens is 1. The van der Waals surface area contributed by atoms with Crippen molar-refractivity contribution in [2.24, 2.45) is 0 Å². The number of anilines is 1. The van der Waals surface area contributed by atoms with Crippen molar-refractivity contribution in [1.82, 2.24) is 0 Å². The average Bonchev–Trinajstić information content (AvgIpc) is 2.30. The van der Waals surface area contributed by atoms with Crippen LogP contribution in [0.4, 0.5) is 5.69 Å².